The topological polar surface area (TPSA) is 74.4 Å². The first-order valence-corrected chi connectivity index (χ1v) is 12.7. The lowest BCUT2D eigenvalue weighted by Crippen LogP contribution is -2.32. The van der Waals surface area contributed by atoms with Gasteiger partial charge in [0.2, 0.25) is 0 Å². The predicted octanol–water partition coefficient (Wildman–Crippen LogP) is 4.25. The number of rotatable bonds is 9. The van der Waals surface area contributed by atoms with Crippen LogP contribution in [-0.4, -0.2) is 58.2 Å². The second kappa shape index (κ2) is 11.4. The number of hydrogen-bond donors (Lipinski definition) is 2. The zero-order chi connectivity index (χ0) is 23.9. The molecular weight excluding hydrogens is 444 g/mol. The molecule has 1 saturated heterocycles. The second-order valence-corrected chi connectivity index (χ2v) is 9.84. The van der Waals surface area contributed by atoms with Gasteiger partial charge in [-0.05, 0) is 36.9 Å². The van der Waals surface area contributed by atoms with E-state index < -0.39 is 0 Å². The summed E-state index contributed by atoms with van der Waals surface area (Å²) in [5.41, 5.74) is 5.49. The van der Waals surface area contributed by atoms with Crippen molar-refractivity contribution >= 4 is 29.6 Å². The first kappa shape index (κ1) is 24.0. The summed E-state index contributed by atoms with van der Waals surface area (Å²) in [6, 6.07) is 9.71. The number of aromatic nitrogens is 1. The number of anilines is 1. The Morgan fingerprint density at radius 2 is 2.12 bits per heavy atom. The quantitative estimate of drug-likeness (QED) is 0.529. The van der Waals surface area contributed by atoms with Crippen LogP contribution in [0.15, 0.2) is 60.8 Å². The molecule has 2 aliphatic heterocycles. The average Bonchev–Trinajstić information content (AvgIpc) is 2.82. The van der Waals surface area contributed by atoms with Crippen molar-refractivity contribution in [3.8, 4) is 0 Å². The molecule has 0 radical (unpaired) electrons. The van der Waals surface area contributed by atoms with Crippen LogP contribution >= 0.6 is 11.8 Å². The highest BCUT2D eigenvalue weighted by Crippen LogP contribution is 2.24. The third-order valence-electron chi connectivity index (χ3n) is 5.87. The van der Waals surface area contributed by atoms with E-state index in [4.69, 9.17) is 0 Å². The van der Waals surface area contributed by atoms with E-state index >= 15 is 0 Å². The second-order valence-electron chi connectivity index (χ2n) is 8.62. The molecular formula is C26H32N6OS. The molecule has 0 spiro atoms. The Balaban J connectivity index is 1.32. The van der Waals surface area contributed by atoms with Gasteiger partial charge in [0.25, 0.3) is 5.91 Å². The summed E-state index contributed by atoms with van der Waals surface area (Å²) in [6.45, 7) is 7.09. The van der Waals surface area contributed by atoms with E-state index in [1.165, 1.54) is 11.5 Å². The number of carbonyl (C=O) groups excluding carboxylic acids is 1. The normalized spacial score (nSPS) is 16.9. The number of amides is 1. The zero-order valence-electron chi connectivity index (χ0n) is 20.0. The van der Waals surface area contributed by atoms with Crippen molar-refractivity contribution in [1.82, 2.24) is 15.2 Å². The molecule has 0 aliphatic carbocycles. The summed E-state index contributed by atoms with van der Waals surface area (Å²) in [4.78, 5) is 19.9. The Bertz CT molecular complexity index is 1120. The summed E-state index contributed by atoms with van der Waals surface area (Å²) in [5.74, 6) is 2.19. The van der Waals surface area contributed by atoms with Gasteiger partial charge in [-0.3, -0.25) is 14.7 Å². The van der Waals surface area contributed by atoms with E-state index in [2.05, 4.69) is 25.8 Å². The molecule has 2 N–H and O–H groups in total. The van der Waals surface area contributed by atoms with Gasteiger partial charge in [0.15, 0.2) is 18.1 Å². The van der Waals surface area contributed by atoms with Crippen LogP contribution in [0.25, 0.3) is 5.32 Å². The molecule has 1 unspecified atom stereocenters. The van der Waals surface area contributed by atoms with Crippen molar-refractivity contribution in [1.29, 1.82) is 0 Å². The molecule has 1 aromatic carbocycles. The van der Waals surface area contributed by atoms with Gasteiger partial charge in [0, 0.05) is 43.0 Å². The van der Waals surface area contributed by atoms with Crippen molar-refractivity contribution in [3.63, 3.8) is 0 Å². The molecule has 4 rings (SSSR count). The minimum Gasteiger partial charge on any atom is -0.683 e. The number of aryl methyl sites for hydroxylation is 1. The van der Waals surface area contributed by atoms with Crippen LogP contribution < -0.4 is 10.6 Å². The highest BCUT2D eigenvalue weighted by molar-refractivity contribution is 7.99. The van der Waals surface area contributed by atoms with Crippen LogP contribution in [0.4, 0.5) is 5.69 Å². The van der Waals surface area contributed by atoms with E-state index in [-0.39, 0.29) is 11.9 Å². The first-order valence-electron chi connectivity index (χ1n) is 11.5. The molecule has 1 fully saturated rings. The van der Waals surface area contributed by atoms with Gasteiger partial charge >= 0.3 is 0 Å². The highest BCUT2D eigenvalue weighted by atomic mass is 32.2. The van der Waals surface area contributed by atoms with Gasteiger partial charge in [-0.1, -0.05) is 30.7 Å². The Morgan fingerprint density at radius 3 is 2.85 bits per heavy atom. The smallest absolute Gasteiger partial charge is 0.257 e. The van der Waals surface area contributed by atoms with Crippen LogP contribution in [0.5, 0.6) is 0 Å². The Labute approximate surface area is 206 Å². The van der Waals surface area contributed by atoms with E-state index in [0.717, 1.165) is 47.8 Å². The number of hydrogen-bond acceptors (Lipinski definition) is 5. The monoisotopic (exact) mass is 476 g/mol. The number of nitrogens with zero attached hydrogens (tertiary/aromatic N) is 4. The van der Waals surface area contributed by atoms with Crippen LogP contribution in [0, 0.1) is 6.92 Å². The lowest BCUT2D eigenvalue weighted by molar-refractivity contribution is -0.429. The first-order chi connectivity index (χ1) is 16.5. The number of allylic oxidation sites excluding steroid dienone is 1. The molecule has 1 atom stereocenters. The van der Waals surface area contributed by atoms with Crippen molar-refractivity contribution < 1.29 is 9.37 Å². The maximum Gasteiger partial charge on any atom is 0.257 e. The van der Waals surface area contributed by atoms with Crippen molar-refractivity contribution in [2.24, 2.45) is 0 Å². The maximum absolute atomic E-state index is 12.9. The summed E-state index contributed by atoms with van der Waals surface area (Å²) in [5, 5.41) is 10.7. The van der Waals surface area contributed by atoms with Gasteiger partial charge in [0.1, 0.15) is 7.05 Å². The molecule has 1 aromatic heterocycles. The van der Waals surface area contributed by atoms with Crippen molar-refractivity contribution in [2.45, 2.75) is 26.4 Å². The molecule has 7 nitrogen and oxygen atoms in total. The standard InChI is InChI=1S/C26H32N6OS/c1-19-13-22(15-29-25(19)18-32-9-11-34-12-10-32)26(33)30-23-6-4-5-21(14-23)20(2)27-7-8-28-24-16-31(3)17-24/h4-8,13-17,20,28H,9-12,18H2,1-3H3,(H,30,33). The van der Waals surface area contributed by atoms with E-state index in [0.29, 0.717) is 5.56 Å². The summed E-state index contributed by atoms with van der Waals surface area (Å²) in [6.07, 6.45) is 9.27. The summed E-state index contributed by atoms with van der Waals surface area (Å²) >= 11 is 2.00. The van der Waals surface area contributed by atoms with Gasteiger partial charge in [-0.2, -0.15) is 18.0 Å². The van der Waals surface area contributed by atoms with E-state index in [1.807, 2.05) is 86.2 Å². The zero-order valence-corrected chi connectivity index (χ0v) is 20.8. The SMILES string of the molecule is Cc1cc(C(=O)Nc2cccc(C(C)[N-]C=CNC3=C[N+](C)=C3)c2)cnc1CN1CCSCC1. The Kier molecular flexibility index (Phi) is 8.03. The molecule has 178 valence electrons. The lowest BCUT2D eigenvalue weighted by atomic mass is 10.1. The highest BCUT2D eigenvalue weighted by Gasteiger charge is 2.15. The van der Waals surface area contributed by atoms with Crippen molar-refractivity contribution in [3.05, 3.63) is 88.5 Å². The molecule has 2 aromatic rings. The number of benzene rings is 1. The molecule has 8 heteroatoms. The third kappa shape index (κ3) is 6.48. The number of thioether (sulfide) groups is 1. The van der Waals surface area contributed by atoms with Gasteiger partial charge in [-0.15, -0.1) is 0 Å². The van der Waals surface area contributed by atoms with Crippen LogP contribution in [-0.2, 0) is 6.54 Å². The van der Waals surface area contributed by atoms with Gasteiger partial charge in [0.05, 0.1) is 11.3 Å². The van der Waals surface area contributed by atoms with Crippen LogP contribution in [0.1, 0.15) is 40.1 Å². The van der Waals surface area contributed by atoms with Crippen LogP contribution in [0.2, 0.25) is 0 Å². The third-order valence-corrected chi connectivity index (χ3v) is 6.81. The van der Waals surface area contributed by atoms with E-state index in [1.54, 1.807) is 12.4 Å². The summed E-state index contributed by atoms with van der Waals surface area (Å²) in [7, 11) is 1.98. The van der Waals surface area contributed by atoms with E-state index in [9.17, 15) is 4.79 Å². The average molecular weight is 477 g/mol. The number of carbonyl (C=O) groups is 1. The molecule has 3 heterocycles. The Hall–Kier alpha value is -3.10. The molecule has 2 aliphatic rings. The Morgan fingerprint density at radius 1 is 1.32 bits per heavy atom. The molecule has 0 bridgehead atoms. The fourth-order valence-electron chi connectivity index (χ4n) is 3.84. The maximum atomic E-state index is 12.9. The van der Waals surface area contributed by atoms with Gasteiger partial charge < -0.3 is 16.0 Å². The number of pyridine rings is 1. The molecule has 1 amide bonds. The molecule has 34 heavy (non-hydrogen) atoms. The van der Waals surface area contributed by atoms with Crippen molar-refractivity contribution in [2.75, 3.05) is 37.0 Å². The van der Waals surface area contributed by atoms with Crippen LogP contribution in [0.3, 0.4) is 0 Å². The minimum atomic E-state index is -0.155. The fraction of sp³-hybridized carbons (Fsp3) is 0.346. The largest absolute Gasteiger partial charge is 0.683 e. The minimum absolute atomic E-state index is 0.0340. The predicted molar refractivity (Wildman–Crippen MR) is 140 cm³/mol. The molecule has 0 saturated carbocycles. The number of nitrogens with one attached hydrogen (secondary N) is 2. The lowest BCUT2D eigenvalue weighted by Gasteiger charge is -2.26. The summed E-state index contributed by atoms with van der Waals surface area (Å²) < 4.78 is 1.98. The fourth-order valence-corrected chi connectivity index (χ4v) is 4.82. The van der Waals surface area contributed by atoms with Gasteiger partial charge in [-0.25, -0.2) is 4.58 Å².